The van der Waals surface area contributed by atoms with Crippen molar-refractivity contribution in [1.82, 2.24) is 4.90 Å². The molecule has 4 rings (SSSR count). The Labute approximate surface area is 192 Å². The molecule has 2 aliphatic heterocycles. The van der Waals surface area contributed by atoms with Gasteiger partial charge in [-0.3, -0.25) is 14.4 Å². The van der Waals surface area contributed by atoms with Crippen LogP contribution >= 0.6 is 0 Å². The van der Waals surface area contributed by atoms with Gasteiger partial charge in [0, 0.05) is 31.1 Å². The molecule has 0 N–H and O–H groups in total. The van der Waals surface area contributed by atoms with Crippen LogP contribution in [0.1, 0.15) is 35.2 Å². The highest BCUT2D eigenvalue weighted by molar-refractivity contribution is 5.98. The lowest BCUT2D eigenvalue weighted by atomic mass is 9.97. The van der Waals surface area contributed by atoms with Crippen molar-refractivity contribution in [2.75, 3.05) is 32.9 Å². The monoisotopic (exact) mass is 449 g/mol. The molecule has 1 fully saturated rings. The Hall–Kier alpha value is -3.61. The summed E-state index contributed by atoms with van der Waals surface area (Å²) >= 11 is 0. The van der Waals surface area contributed by atoms with E-state index in [4.69, 9.17) is 14.2 Å². The van der Waals surface area contributed by atoms with E-state index in [0.29, 0.717) is 56.2 Å². The zero-order chi connectivity index (χ0) is 23.0. The molecule has 0 spiro atoms. The molecule has 0 bridgehead atoms. The fraction of sp³-hybridized carbons (Fsp3) is 0.346. The van der Waals surface area contributed by atoms with E-state index in [9.17, 15) is 14.4 Å². The normalized spacial score (nSPS) is 16.3. The molecular formula is C26H27NO6. The Morgan fingerprint density at radius 3 is 2.45 bits per heavy atom. The lowest BCUT2D eigenvalue weighted by Crippen LogP contribution is -2.40. The summed E-state index contributed by atoms with van der Waals surface area (Å²) in [7, 11) is 0. The van der Waals surface area contributed by atoms with Gasteiger partial charge in [0.1, 0.15) is 0 Å². The van der Waals surface area contributed by atoms with E-state index in [-0.39, 0.29) is 24.2 Å². The number of Topliss-reactive ketones (excluding diaryl/α,β-unsaturated/α-hetero) is 1. The van der Waals surface area contributed by atoms with Crippen molar-refractivity contribution in [3.8, 4) is 11.5 Å². The highest BCUT2D eigenvalue weighted by Gasteiger charge is 2.28. The van der Waals surface area contributed by atoms with Gasteiger partial charge in [-0.2, -0.15) is 0 Å². The average molecular weight is 450 g/mol. The first-order valence-corrected chi connectivity index (χ1v) is 11.2. The van der Waals surface area contributed by atoms with Crippen LogP contribution in [-0.2, 0) is 14.3 Å². The number of carbonyl (C=O) groups is 3. The smallest absolute Gasteiger partial charge is 0.309 e. The fourth-order valence-corrected chi connectivity index (χ4v) is 3.85. The number of ketones is 1. The maximum absolute atomic E-state index is 12.5. The van der Waals surface area contributed by atoms with Crippen LogP contribution < -0.4 is 9.47 Å². The summed E-state index contributed by atoms with van der Waals surface area (Å²) in [6.07, 6.45) is 5.16. The Kier molecular flexibility index (Phi) is 7.40. The van der Waals surface area contributed by atoms with Gasteiger partial charge in [0.25, 0.3) is 0 Å². The van der Waals surface area contributed by atoms with Crippen molar-refractivity contribution < 1.29 is 28.6 Å². The molecule has 0 aromatic heterocycles. The van der Waals surface area contributed by atoms with Gasteiger partial charge in [-0.1, -0.05) is 30.3 Å². The Morgan fingerprint density at radius 1 is 0.970 bits per heavy atom. The van der Waals surface area contributed by atoms with Crippen LogP contribution in [0.3, 0.4) is 0 Å². The second-order valence-corrected chi connectivity index (χ2v) is 8.09. The SMILES string of the molecule is O=C(COC(=O)C1CCN(C(=O)/C=C/c2ccccc2)CC1)c1ccc2c(c1)OCCCO2. The van der Waals surface area contributed by atoms with Gasteiger partial charge < -0.3 is 19.1 Å². The highest BCUT2D eigenvalue weighted by Crippen LogP contribution is 2.30. The highest BCUT2D eigenvalue weighted by atomic mass is 16.5. The molecular weight excluding hydrogens is 422 g/mol. The van der Waals surface area contributed by atoms with E-state index in [0.717, 1.165) is 12.0 Å². The number of benzene rings is 2. The summed E-state index contributed by atoms with van der Waals surface area (Å²) in [6, 6.07) is 14.6. The molecule has 0 radical (unpaired) electrons. The predicted molar refractivity (Wildman–Crippen MR) is 122 cm³/mol. The number of hydrogen-bond acceptors (Lipinski definition) is 6. The van der Waals surface area contributed by atoms with Crippen molar-refractivity contribution in [2.24, 2.45) is 5.92 Å². The van der Waals surface area contributed by atoms with Crippen LogP contribution in [0.15, 0.2) is 54.6 Å². The Balaban J connectivity index is 1.23. The summed E-state index contributed by atoms with van der Waals surface area (Å²) in [5.41, 5.74) is 1.38. The number of rotatable bonds is 6. The third kappa shape index (κ3) is 6.00. The van der Waals surface area contributed by atoms with Crippen molar-refractivity contribution >= 4 is 23.7 Å². The molecule has 33 heavy (non-hydrogen) atoms. The number of fused-ring (bicyclic) bond motifs is 1. The second-order valence-electron chi connectivity index (χ2n) is 8.09. The maximum atomic E-state index is 12.5. The summed E-state index contributed by atoms with van der Waals surface area (Å²) in [6.45, 7) is 1.74. The molecule has 0 saturated carbocycles. The minimum atomic E-state index is -0.399. The number of likely N-dealkylation sites (tertiary alicyclic amines) is 1. The van der Waals surface area contributed by atoms with Gasteiger partial charge in [-0.15, -0.1) is 0 Å². The molecule has 0 unspecified atom stereocenters. The van der Waals surface area contributed by atoms with Gasteiger partial charge in [-0.25, -0.2) is 0 Å². The molecule has 0 atom stereocenters. The second kappa shape index (κ2) is 10.8. The molecule has 7 heteroatoms. The first kappa shape index (κ1) is 22.6. The molecule has 2 aliphatic rings. The zero-order valence-electron chi connectivity index (χ0n) is 18.4. The quantitative estimate of drug-likeness (QED) is 0.381. The molecule has 7 nitrogen and oxygen atoms in total. The van der Waals surface area contributed by atoms with Crippen LogP contribution in [0.4, 0.5) is 0 Å². The van der Waals surface area contributed by atoms with E-state index < -0.39 is 5.97 Å². The topological polar surface area (TPSA) is 82.1 Å². The van der Waals surface area contributed by atoms with Crippen molar-refractivity contribution in [3.63, 3.8) is 0 Å². The molecule has 0 aliphatic carbocycles. The number of carbonyl (C=O) groups excluding carboxylic acids is 3. The van der Waals surface area contributed by atoms with E-state index in [1.165, 1.54) is 0 Å². The van der Waals surface area contributed by atoms with Crippen LogP contribution in [0, 0.1) is 5.92 Å². The fourth-order valence-electron chi connectivity index (χ4n) is 3.85. The third-order valence-electron chi connectivity index (χ3n) is 5.77. The van der Waals surface area contributed by atoms with Gasteiger partial charge in [0.05, 0.1) is 19.1 Å². The molecule has 1 saturated heterocycles. The van der Waals surface area contributed by atoms with Crippen LogP contribution in [0.5, 0.6) is 11.5 Å². The number of hydrogen-bond donors (Lipinski definition) is 0. The Morgan fingerprint density at radius 2 is 1.70 bits per heavy atom. The van der Waals surface area contributed by atoms with Crippen LogP contribution in [-0.4, -0.2) is 55.5 Å². The summed E-state index contributed by atoms with van der Waals surface area (Å²) < 4.78 is 16.5. The van der Waals surface area contributed by atoms with Gasteiger partial charge in [0.2, 0.25) is 5.91 Å². The molecule has 2 heterocycles. The molecule has 1 amide bonds. The Bertz CT molecular complexity index is 1020. The van der Waals surface area contributed by atoms with Crippen molar-refractivity contribution in [2.45, 2.75) is 19.3 Å². The number of esters is 1. The average Bonchev–Trinajstić information content (AvgIpc) is 3.11. The molecule has 172 valence electrons. The zero-order valence-corrected chi connectivity index (χ0v) is 18.4. The summed E-state index contributed by atoms with van der Waals surface area (Å²) in [4.78, 5) is 39.1. The van der Waals surface area contributed by atoms with Gasteiger partial charge in [-0.05, 0) is 42.7 Å². The van der Waals surface area contributed by atoms with E-state index in [2.05, 4.69) is 0 Å². The van der Waals surface area contributed by atoms with Crippen molar-refractivity contribution in [1.29, 1.82) is 0 Å². The lowest BCUT2D eigenvalue weighted by Gasteiger charge is -2.30. The van der Waals surface area contributed by atoms with E-state index in [1.54, 1.807) is 35.3 Å². The number of piperidine rings is 1. The predicted octanol–water partition coefficient (Wildman–Crippen LogP) is 3.53. The minimum Gasteiger partial charge on any atom is -0.490 e. The third-order valence-corrected chi connectivity index (χ3v) is 5.77. The van der Waals surface area contributed by atoms with Crippen LogP contribution in [0.25, 0.3) is 6.08 Å². The summed E-state index contributed by atoms with van der Waals surface area (Å²) in [5, 5.41) is 0. The van der Waals surface area contributed by atoms with Gasteiger partial charge in [0.15, 0.2) is 23.9 Å². The molecule has 2 aromatic rings. The number of ether oxygens (including phenoxy) is 3. The molecule has 2 aromatic carbocycles. The van der Waals surface area contributed by atoms with Gasteiger partial charge >= 0.3 is 5.97 Å². The minimum absolute atomic E-state index is 0.0738. The maximum Gasteiger partial charge on any atom is 0.309 e. The number of nitrogens with zero attached hydrogens (tertiary/aromatic N) is 1. The van der Waals surface area contributed by atoms with Crippen LogP contribution in [0.2, 0.25) is 0 Å². The number of amides is 1. The largest absolute Gasteiger partial charge is 0.490 e. The van der Waals surface area contributed by atoms with Crippen molar-refractivity contribution in [3.05, 3.63) is 65.7 Å². The first-order chi connectivity index (χ1) is 16.1. The standard InChI is InChI=1S/C26H27NO6/c28-22(21-8-9-23-24(17-21)32-16-4-15-31-23)18-33-26(30)20-11-13-27(14-12-20)25(29)10-7-19-5-2-1-3-6-19/h1-3,5-10,17,20H,4,11-16,18H2/b10-7+. The van der Waals surface area contributed by atoms with E-state index in [1.807, 2.05) is 30.3 Å². The van der Waals surface area contributed by atoms with E-state index >= 15 is 0 Å². The summed E-state index contributed by atoms with van der Waals surface area (Å²) in [5.74, 6) is 0.0604. The first-order valence-electron chi connectivity index (χ1n) is 11.2. The lowest BCUT2D eigenvalue weighted by molar-refractivity contribution is -0.150.